The number of carbonyl (C=O) groups excluding carboxylic acids is 1. The van der Waals surface area contributed by atoms with Crippen LogP contribution in [0.15, 0.2) is 0 Å². The normalized spacial score (nSPS) is 35.8. The highest BCUT2D eigenvalue weighted by Gasteiger charge is 2.50. The van der Waals surface area contributed by atoms with Gasteiger partial charge in [-0.3, -0.25) is 4.79 Å². The molecule has 7 heteroatoms. The summed E-state index contributed by atoms with van der Waals surface area (Å²) in [5.74, 6) is -0.0829. The van der Waals surface area contributed by atoms with E-state index >= 15 is 0 Å². The Morgan fingerprint density at radius 3 is 2.61 bits per heavy atom. The topological polar surface area (TPSA) is 72.5 Å². The molecular weight excluding hydrogens is 278 g/mol. The lowest BCUT2D eigenvalue weighted by atomic mass is 9.70. The number of ether oxygens (including phenoxy) is 1. The molecule has 2 fully saturated rings. The molecule has 1 heterocycles. The van der Waals surface area contributed by atoms with Gasteiger partial charge in [0.1, 0.15) is 0 Å². The fraction of sp³-hybridized carbons (Fsp3) is 0.909. The highest BCUT2D eigenvalue weighted by Crippen LogP contribution is 2.44. The lowest BCUT2D eigenvalue weighted by Gasteiger charge is -2.35. The minimum absolute atomic E-state index is 0.114. The van der Waals surface area contributed by atoms with Crippen LogP contribution in [0.4, 0.5) is 0 Å². The van der Waals surface area contributed by atoms with Crippen LogP contribution in [-0.2, 0) is 18.8 Å². The van der Waals surface area contributed by atoms with E-state index in [2.05, 4.69) is 13.8 Å². The molecule has 2 unspecified atom stereocenters. The van der Waals surface area contributed by atoms with Gasteiger partial charge >= 0.3 is 9.24 Å². The van der Waals surface area contributed by atoms with E-state index in [-0.39, 0.29) is 17.9 Å². The standard InChI is InChI=1S/C11H18ClNO4S/c1-6(2)8-4-3-7-5-17-10(8)9(7)11(14)13-18(12,15)16/h6-10H,3-5H2,1-2H3,(H,13,14)/t7-,8?,9?,10-/m1/s1. The molecule has 2 rings (SSSR count). The zero-order valence-electron chi connectivity index (χ0n) is 10.4. The smallest absolute Gasteiger partial charge is 0.321 e. The third-order valence-corrected chi connectivity index (χ3v) is 4.72. The van der Waals surface area contributed by atoms with E-state index in [1.54, 1.807) is 0 Å². The second-order valence-corrected chi connectivity index (χ2v) is 7.77. The summed E-state index contributed by atoms with van der Waals surface area (Å²) in [6.45, 7) is 4.73. The molecule has 1 aliphatic heterocycles. The first-order chi connectivity index (χ1) is 8.29. The Morgan fingerprint density at radius 1 is 1.39 bits per heavy atom. The summed E-state index contributed by atoms with van der Waals surface area (Å²) in [7, 11) is 1.05. The van der Waals surface area contributed by atoms with Gasteiger partial charge in [0.25, 0.3) is 0 Å². The third-order valence-electron chi connectivity index (χ3n) is 4.04. The second-order valence-electron chi connectivity index (χ2n) is 5.47. The summed E-state index contributed by atoms with van der Waals surface area (Å²) in [6.07, 6.45) is 1.76. The van der Waals surface area contributed by atoms with Crippen molar-refractivity contribution in [3.63, 3.8) is 0 Å². The first-order valence-corrected chi connectivity index (χ1v) is 8.48. The van der Waals surface area contributed by atoms with Gasteiger partial charge < -0.3 is 4.74 Å². The van der Waals surface area contributed by atoms with Gasteiger partial charge in [0.15, 0.2) is 0 Å². The predicted molar refractivity (Wildman–Crippen MR) is 67.2 cm³/mol. The van der Waals surface area contributed by atoms with E-state index < -0.39 is 15.1 Å². The van der Waals surface area contributed by atoms with Crippen molar-refractivity contribution in [2.45, 2.75) is 32.8 Å². The summed E-state index contributed by atoms with van der Waals surface area (Å²) >= 11 is 0. The van der Waals surface area contributed by atoms with E-state index in [1.165, 1.54) is 0 Å². The summed E-state index contributed by atoms with van der Waals surface area (Å²) in [5, 5.41) is 0. The Morgan fingerprint density at radius 2 is 2.06 bits per heavy atom. The fourth-order valence-electron chi connectivity index (χ4n) is 3.20. The van der Waals surface area contributed by atoms with E-state index in [1.807, 2.05) is 4.72 Å². The fourth-order valence-corrected chi connectivity index (χ4v) is 3.80. The van der Waals surface area contributed by atoms with Crippen molar-refractivity contribution in [1.29, 1.82) is 0 Å². The molecule has 1 aliphatic carbocycles. The minimum atomic E-state index is -4.01. The molecule has 2 aliphatic rings. The van der Waals surface area contributed by atoms with E-state index in [9.17, 15) is 13.2 Å². The summed E-state index contributed by atoms with van der Waals surface area (Å²) in [4.78, 5) is 12.0. The van der Waals surface area contributed by atoms with Crippen LogP contribution in [0.1, 0.15) is 26.7 Å². The van der Waals surface area contributed by atoms with E-state index in [0.29, 0.717) is 18.4 Å². The Balaban J connectivity index is 2.15. The third kappa shape index (κ3) is 2.81. The monoisotopic (exact) mass is 295 g/mol. The van der Waals surface area contributed by atoms with Crippen LogP contribution in [0.5, 0.6) is 0 Å². The van der Waals surface area contributed by atoms with Crippen molar-refractivity contribution >= 4 is 25.8 Å². The maximum atomic E-state index is 12.0. The van der Waals surface area contributed by atoms with Crippen molar-refractivity contribution < 1.29 is 17.9 Å². The second kappa shape index (κ2) is 4.98. The SMILES string of the molecule is CC(C)C1CC[C@@H]2CO[C@H]1C2C(=O)NS(=O)(=O)Cl. The average molecular weight is 296 g/mol. The van der Waals surface area contributed by atoms with Crippen molar-refractivity contribution in [3.8, 4) is 0 Å². The number of fused-ring (bicyclic) bond motifs is 2. The Bertz CT molecular complexity index is 436. The Kier molecular flexibility index (Phi) is 3.90. The van der Waals surface area contributed by atoms with Crippen LogP contribution in [0, 0.1) is 23.7 Å². The highest BCUT2D eigenvalue weighted by molar-refractivity contribution is 8.12. The van der Waals surface area contributed by atoms with Gasteiger partial charge in [-0.1, -0.05) is 13.8 Å². The van der Waals surface area contributed by atoms with Crippen LogP contribution >= 0.6 is 10.7 Å². The van der Waals surface area contributed by atoms with Gasteiger partial charge in [0.05, 0.1) is 18.6 Å². The highest BCUT2D eigenvalue weighted by atomic mass is 35.7. The van der Waals surface area contributed by atoms with Crippen LogP contribution in [0.3, 0.4) is 0 Å². The van der Waals surface area contributed by atoms with E-state index in [0.717, 1.165) is 12.8 Å². The molecular formula is C11H18ClNO4S. The molecule has 1 N–H and O–H groups in total. The average Bonchev–Trinajstić information content (AvgIpc) is 2.49. The molecule has 0 spiro atoms. The number of hydrogen-bond acceptors (Lipinski definition) is 4. The molecule has 0 aromatic heterocycles. The van der Waals surface area contributed by atoms with Crippen molar-refractivity contribution in [3.05, 3.63) is 0 Å². The Hall–Kier alpha value is -0.330. The van der Waals surface area contributed by atoms with Gasteiger partial charge in [0.2, 0.25) is 5.91 Å². The molecule has 4 atom stereocenters. The zero-order chi connectivity index (χ0) is 13.5. The van der Waals surface area contributed by atoms with Gasteiger partial charge in [-0.15, -0.1) is 0 Å². The van der Waals surface area contributed by atoms with Crippen molar-refractivity contribution in [2.24, 2.45) is 23.7 Å². The zero-order valence-corrected chi connectivity index (χ0v) is 12.0. The molecule has 104 valence electrons. The molecule has 2 bridgehead atoms. The summed E-state index contributed by atoms with van der Waals surface area (Å²) in [6, 6.07) is 0. The quantitative estimate of drug-likeness (QED) is 0.796. The molecule has 1 saturated heterocycles. The summed E-state index contributed by atoms with van der Waals surface area (Å²) in [5.41, 5.74) is 0. The number of hydrogen-bond donors (Lipinski definition) is 1. The van der Waals surface area contributed by atoms with Crippen molar-refractivity contribution in [2.75, 3.05) is 6.61 Å². The van der Waals surface area contributed by atoms with Gasteiger partial charge in [-0.2, -0.15) is 8.42 Å². The minimum Gasteiger partial charge on any atom is -0.377 e. The van der Waals surface area contributed by atoms with Crippen LogP contribution in [0.25, 0.3) is 0 Å². The van der Waals surface area contributed by atoms with Crippen LogP contribution in [0.2, 0.25) is 0 Å². The molecule has 1 amide bonds. The molecule has 0 aromatic carbocycles. The number of carbonyl (C=O) groups is 1. The maximum Gasteiger partial charge on any atom is 0.321 e. The van der Waals surface area contributed by atoms with Gasteiger partial charge in [-0.25, -0.2) is 4.72 Å². The molecule has 0 radical (unpaired) electrons. The van der Waals surface area contributed by atoms with Gasteiger partial charge in [-0.05, 0) is 30.6 Å². The number of amides is 1. The Labute approximate surface area is 112 Å². The maximum absolute atomic E-state index is 12.0. The predicted octanol–water partition coefficient (Wildman–Crippen LogP) is 1.28. The largest absolute Gasteiger partial charge is 0.377 e. The molecule has 1 saturated carbocycles. The summed E-state index contributed by atoms with van der Waals surface area (Å²) < 4.78 is 29.4. The van der Waals surface area contributed by atoms with Gasteiger partial charge in [0, 0.05) is 10.7 Å². The lowest BCUT2D eigenvalue weighted by Crippen LogP contribution is -2.45. The molecule has 5 nitrogen and oxygen atoms in total. The number of halogens is 1. The van der Waals surface area contributed by atoms with Crippen LogP contribution < -0.4 is 4.72 Å². The molecule has 0 aromatic rings. The van der Waals surface area contributed by atoms with Crippen LogP contribution in [-0.4, -0.2) is 27.0 Å². The van der Waals surface area contributed by atoms with E-state index in [4.69, 9.17) is 15.4 Å². The van der Waals surface area contributed by atoms with Crippen molar-refractivity contribution in [1.82, 2.24) is 4.72 Å². The first kappa shape index (κ1) is 14.1. The number of nitrogens with one attached hydrogen (secondary N) is 1. The molecule has 18 heavy (non-hydrogen) atoms. The first-order valence-electron chi connectivity index (χ1n) is 6.17. The number of rotatable bonds is 3. The lowest BCUT2D eigenvalue weighted by molar-refractivity contribution is -0.128.